The summed E-state index contributed by atoms with van der Waals surface area (Å²) >= 11 is 0. The highest BCUT2D eigenvalue weighted by Crippen LogP contribution is 2.18. The topological polar surface area (TPSA) is 125 Å². The number of carbonyl (C=O) groups excluding carboxylic acids is 3. The van der Waals surface area contributed by atoms with Gasteiger partial charge in [-0.2, -0.15) is 0 Å². The number of nitrogens with two attached hydrogens (primary N) is 1. The molecule has 2 atom stereocenters. The van der Waals surface area contributed by atoms with Crippen molar-refractivity contribution in [2.24, 2.45) is 11.7 Å². The number of hydrogen-bond donors (Lipinski definition) is 5. The number of hydrogen-bond acceptors (Lipinski definition) is 5. The van der Waals surface area contributed by atoms with Crippen molar-refractivity contribution in [3.63, 3.8) is 0 Å². The molecule has 0 aromatic heterocycles. The summed E-state index contributed by atoms with van der Waals surface area (Å²) in [5.41, 5.74) is 5.44. The number of rotatable bonds is 14. The van der Waals surface area contributed by atoms with Crippen LogP contribution in [0.5, 0.6) is 0 Å². The van der Waals surface area contributed by atoms with Gasteiger partial charge in [-0.05, 0) is 38.2 Å². The summed E-state index contributed by atoms with van der Waals surface area (Å²) in [5.74, 6) is -0.729. The third-order valence-electron chi connectivity index (χ3n) is 5.83. The van der Waals surface area contributed by atoms with Gasteiger partial charge in [-0.3, -0.25) is 14.4 Å². The lowest BCUT2D eigenvalue weighted by molar-refractivity contribution is -0.137. The number of nitrogens with one attached hydrogen (secondary N) is 4. The third kappa shape index (κ3) is 8.79. The number of carbonyl (C=O) groups is 3. The van der Waals surface area contributed by atoms with Gasteiger partial charge in [0.15, 0.2) is 0 Å². The van der Waals surface area contributed by atoms with Gasteiger partial charge >= 0.3 is 0 Å². The molecule has 0 unspecified atom stereocenters. The molecule has 0 aliphatic heterocycles. The second kappa shape index (κ2) is 13.5. The van der Waals surface area contributed by atoms with Crippen LogP contribution >= 0.6 is 0 Å². The van der Waals surface area contributed by atoms with E-state index in [-0.39, 0.29) is 29.7 Å². The van der Waals surface area contributed by atoms with Crippen LogP contribution in [0, 0.1) is 5.92 Å². The first kappa shape index (κ1) is 28.0. The van der Waals surface area contributed by atoms with E-state index in [9.17, 15) is 14.4 Å². The van der Waals surface area contributed by atoms with Crippen LogP contribution in [0.25, 0.3) is 0 Å². The molecule has 184 valence electrons. The van der Waals surface area contributed by atoms with Gasteiger partial charge in [0, 0.05) is 12.5 Å². The molecule has 3 amide bonds. The molecule has 0 saturated carbocycles. The molecule has 6 N–H and O–H groups in total. The Bertz CT molecular complexity index is 790. The van der Waals surface area contributed by atoms with Crippen molar-refractivity contribution in [1.82, 2.24) is 21.3 Å². The zero-order chi connectivity index (χ0) is 25.0. The molecular weight excluding hydrogens is 418 g/mol. The summed E-state index contributed by atoms with van der Waals surface area (Å²) in [6.07, 6.45) is 1.83. The molecule has 1 aromatic rings. The fraction of sp³-hybridized carbons (Fsp3) is 0.560. The second-order valence-corrected chi connectivity index (χ2v) is 8.69. The molecule has 0 saturated heterocycles. The number of amides is 3. The van der Waals surface area contributed by atoms with Crippen LogP contribution in [0.3, 0.4) is 0 Å². The standard InChI is InChI=1S/C25H41N5O3/c1-7-25(8-2,30-22(31)17(3)4)24(33)29-21(15-12-16-27-19(6)26)23(32)28-18(5)20-13-10-9-11-14-20/h9-11,13-14,17-18,21,27H,6-8,12,15-16,26H2,1-5H3,(H,28,32)(H,29,33)(H,30,31)/t18-,21+/m1/s1. The normalized spacial score (nSPS) is 13.0. The van der Waals surface area contributed by atoms with E-state index >= 15 is 0 Å². The summed E-state index contributed by atoms with van der Waals surface area (Å²) in [5, 5.41) is 11.7. The Hall–Kier alpha value is -3.03. The number of benzene rings is 1. The monoisotopic (exact) mass is 459 g/mol. The summed E-state index contributed by atoms with van der Waals surface area (Å²) in [4.78, 5) is 38.9. The van der Waals surface area contributed by atoms with Crippen molar-refractivity contribution in [1.29, 1.82) is 0 Å². The minimum Gasteiger partial charge on any atom is -0.386 e. The van der Waals surface area contributed by atoms with Crippen LogP contribution in [0.15, 0.2) is 42.7 Å². The highest BCUT2D eigenvalue weighted by molar-refractivity contribution is 5.95. The quantitative estimate of drug-likeness (QED) is 0.273. The zero-order valence-electron chi connectivity index (χ0n) is 20.7. The third-order valence-corrected chi connectivity index (χ3v) is 5.83. The van der Waals surface area contributed by atoms with E-state index in [1.165, 1.54) is 0 Å². The Labute approximate surface area is 198 Å². The predicted molar refractivity (Wildman–Crippen MR) is 132 cm³/mol. The van der Waals surface area contributed by atoms with Gasteiger partial charge in [0.05, 0.1) is 11.9 Å². The van der Waals surface area contributed by atoms with Gasteiger partial charge in [-0.1, -0.05) is 64.6 Å². The molecule has 1 aromatic carbocycles. The average molecular weight is 460 g/mol. The Morgan fingerprint density at radius 3 is 2.12 bits per heavy atom. The van der Waals surface area contributed by atoms with Crippen LogP contribution < -0.4 is 27.0 Å². The fourth-order valence-electron chi connectivity index (χ4n) is 3.44. The SMILES string of the molecule is C=C(N)NCCC[C@H](NC(=O)C(CC)(CC)NC(=O)C(C)C)C(=O)N[C@H](C)c1ccccc1. The van der Waals surface area contributed by atoms with E-state index in [2.05, 4.69) is 27.8 Å². The minimum absolute atomic E-state index is 0.196. The van der Waals surface area contributed by atoms with Gasteiger partial charge in [0.25, 0.3) is 0 Å². The van der Waals surface area contributed by atoms with Crippen molar-refractivity contribution in [2.45, 2.75) is 77.9 Å². The van der Waals surface area contributed by atoms with E-state index in [0.29, 0.717) is 38.0 Å². The van der Waals surface area contributed by atoms with Crippen molar-refractivity contribution < 1.29 is 14.4 Å². The van der Waals surface area contributed by atoms with Gasteiger partial charge in [0.1, 0.15) is 11.6 Å². The predicted octanol–water partition coefficient (Wildman–Crippen LogP) is 2.48. The van der Waals surface area contributed by atoms with Crippen LogP contribution in [0.2, 0.25) is 0 Å². The van der Waals surface area contributed by atoms with Crippen molar-refractivity contribution in [3.8, 4) is 0 Å². The van der Waals surface area contributed by atoms with Crippen molar-refractivity contribution >= 4 is 17.7 Å². The molecular formula is C25H41N5O3. The van der Waals surface area contributed by atoms with E-state index in [4.69, 9.17) is 5.73 Å². The first-order valence-corrected chi connectivity index (χ1v) is 11.7. The maximum atomic E-state index is 13.3. The summed E-state index contributed by atoms with van der Waals surface area (Å²) in [7, 11) is 0. The maximum absolute atomic E-state index is 13.3. The Morgan fingerprint density at radius 1 is 1.00 bits per heavy atom. The summed E-state index contributed by atoms with van der Waals surface area (Å²) in [6, 6.07) is 8.65. The molecule has 33 heavy (non-hydrogen) atoms. The molecule has 0 bridgehead atoms. The maximum Gasteiger partial charge on any atom is 0.246 e. The zero-order valence-corrected chi connectivity index (χ0v) is 20.7. The van der Waals surface area contributed by atoms with Crippen molar-refractivity contribution in [3.05, 3.63) is 48.3 Å². The summed E-state index contributed by atoms with van der Waals surface area (Å²) in [6.45, 7) is 13.3. The summed E-state index contributed by atoms with van der Waals surface area (Å²) < 4.78 is 0. The van der Waals surface area contributed by atoms with E-state index < -0.39 is 11.6 Å². The van der Waals surface area contributed by atoms with E-state index in [0.717, 1.165) is 5.56 Å². The molecule has 8 nitrogen and oxygen atoms in total. The van der Waals surface area contributed by atoms with Crippen LogP contribution in [-0.2, 0) is 14.4 Å². The lowest BCUT2D eigenvalue weighted by Crippen LogP contribution is -2.62. The minimum atomic E-state index is -1.07. The lowest BCUT2D eigenvalue weighted by Gasteiger charge is -2.34. The highest BCUT2D eigenvalue weighted by atomic mass is 16.2. The molecule has 0 spiro atoms. The van der Waals surface area contributed by atoms with Crippen LogP contribution in [-0.4, -0.2) is 35.8 Å². The first-order valence-electron chi connectivity index (χ1n) is 11.7. The molecule has 8 heteroatoms. The Kier molecular flexibility index (Phi) is 11.5. The molecule has 0 fully saturated rings. The molecule has 0 aliphatic carbocycles. The smallest absolute Gasteiger partial charge is 0.246 e. The van der Waals surface area contributed by atoms with E-state index in [1.807, 2.05) is 51.1 Å². The molecule has 0 aliphatic rings. The van der Waals surface area contributed by atoms with Gasteiger partial charge < -0.3 is 27.0 Å². The van der Waals surface area contributed by atoms with Gasteiger partial charge in [-0.25, -0.2) is 0 Å². The van der Waals surface area contributed by atoms with Crippen LogP contribution in [0.1, 0.15) is 71.9 Å². The van der Waals surface area contributed by atoms with Gasteiger partial charge in [-0.15, -0.1) is 0 Å². The first-order chi connectivity index (χ1) is 15.6. The molecule has 0 radical (unpaired) electrons. The highest BCUT2D eigenvalue weighted by Gasteiger charge is 2.38. The molecule has 1 rings (SSSR count). The Balaban J connectivity index is 3.00. The second-order valence-electron chi connectivity index (χ2n) is 8.69. The lowest BCUT2D eigenvalue weighted by atomic mass is 9.90. The average Bonchev–Trinajstić information content (AvgIpc) is 2.79. The van der Waals surface area contributed by atoms with Gasteiger partial charge in [0.2, 0.25) is 17.7 Å². The van der Waals surface area contributed by atoms with Crippen LogP contribution in [0.4, 0.5) is 0 Å². The van der Waals surface area contributed by atoms with E-state index in [1.54, 1.807) is 13.8 Å². The molecule has 0 heterocycles. The largest absolute Gasteiger partial charge is 0.386 e. The Morgan fingerprint density at radius 2 is 1.61 bits per heavy atom. The van der Waals surface area contributed by atoms with Crippen molar-refractivity contribution in [2.75, 3.05) is 6.54 Å². The fourth-order valence-corrected chi connectivity index (χ4v) is 3.44.